The molecule has 1 N–H and O–H groups in total. The summed E-state index contributed by atoms with van der Waals surface area (Å²) in [5.41, 5.74) is 1.09. The van der Waals surface area contributed by atoms with Crippen molar-refractivity contribution < 1.29 is 19.0 Å². The van der Waals surface area contributed by atoms with Crippen molar-refractivity contribution in [2.45, 2.75) is 6.10 Å². The Labute approximate surface area is 105 Å². The molecule has 1 unspecified atom stereocenters. The maximum absolute atomic E-state index is 11.3. The molecule has 6 nitrogen and oxygen atoms in total. The summed E-state index contributed by atoms with van der Waals surface area (Å²) < 4.78 is 15.4. The summed E-state index contributed by atoms with van der Waals surface area (Å²) in [6.45, 7) is 2.49. The fourth-order valence-electron chi connectivity index (χ4n) is 1.64. The van der Waals surface area contributed by atoms with Gasteiger partial charge in [-0.2, -0.15) is 0 Å². The van der Waals surface area contributed by atoms with Crippen molar-refractivity contribution in [1.82, 2.24) is 4.98 Å². The lowest BCUT2D eigenvalue weighted by atomic mass is 10.3. The van der Waals surface area contributed by atoms with E-state index in [9.17, 15) is 4.79 Å². The fraction of sp³-hybridized carbons (Fsp3) is 0.500. The van der Waals surface area contributed by atoms with Gasteiger partial charge in [0.15, 0.2) is 0 Å². The van der Waals surface area contributed by atoms with Gasteiger partial charge in [0, 0.05) is 18.4 Å². The first-order valence-electron chi connectivity index (χ1n) is 5.77. The van der Waals surface area contributed by atoms with Crippen molar-refractivity contribution in [3.63, 3.8) is 0 Å². The molecule has 98 valence electrons. The van der Waals surface area contributed by atoms with E-state index in [1.165, 1.54) is 7.11 Å². The summed E-state index contributed by atoms with van der Waals surface area (Å²) in [7, 11) is 1.33. The SMILES string of the molecule is COC(=O)c1cc(NCC2COCCO2)ccn1. The Morgan fingerprint density at radius 3 is 3.22 bits per heavy atom. The van der Waals surface area contributed by atoms with Crippen molar-refractivity contribution in [3.8, 4) is 0 Å². The fourth-order valence-corrected chi connectivity index (χ4v) is 1.64. The van der Waals surface area contributed by atoms with Gasteiger partial charge in [0.1, 0.15) is 5.69 Å². The first kappa shape index (κ1) is 12.8. The zero-order valence-electron chi connectivity index (χ0n) is 10.2. The second-order valence-corrected chi connectivity index (χ2v) is 3.87. The third kappa shape index (κ3) is 3.41. The van der Waals surface area contributed by atoms with Gasteiger partial charge in [0.2, 0.25) is 0 Å². The number of esters is 1. The Bertz CT molecular complexity index is 405. The van der Waals surface area contributed by atoms with E-state index in [-0.39, 0.29) is 11.8 Å². The van der Waals surface area contributed by atoms with E-state index in [0.717, 1.165) is 5.69 Å². The second kappa shape index (κ2) is 6.32. The molecule has 0 amide bonds. The van der Waals surface area contributed by atoms with E-state index >= 15 is 0 Å². The third-order valence-corrected chi connectivity index (χ3v) is 2.57. The molecule has 0 bridgehead atoms. The highest BCUT2D eigenvalue weighted by Crippen LogP contribution is 2.10. The highest BCUT2D eigenvalue weighted by Gasteiger charge is 2.14. The molecule has 0 radical (unpaired) electrons. The number of nitrogens with zero attached hydrogens (tertiary/aromatic N) is 1. The number of rotatable bonds is 4. The molecule has 0 aliphatic carbocycles. The lowest BCUT2D eigenvalue weighted by Crippen LogP contribution is -2.34. The van der Waals surface area contributed by atoms with Crippen LogP contribution in [-0.2, 0) is 14.2 Å². The van der Waals surface area contributed by atoms with Gasteiger partial charge in [0.25, 0.3) is 0 Å². The normalized spacial score (nSPS) is 19.3. The zero-order chi connectivity index (χ0) is 12.8. The van der Waals surface area contributed by atoms with E-state index in [4.69, 9.17) is 9.47 Å². The number of methoxy groups -OCH3 is 1. The van der Waals surface area contributed by atoms with E-state index < -0.39 is 5.97 Å². The molecule has 1 atom stereocenters. The molecule has 18 heavy (non-hydrogen) atoms. The lowest BCUT2D eigenvalue weighted by molar-refractivity contribution is -0.0818. The third-order valence-electron chi connectivity index (χ3n) is 2.57. The van der Waals surface area contributed by atoms with Crippen LogP contribution in [0.5, 0.6) is 0 Å². The Kier molecular flexibility index (Phi) is 4.49. The number of ether oxygens (including phenoxy) is 3. The van der Waals surface area contributed by atoms with Crippen LogP contribution in [-0.4, -0.2) is 50.5 Å². The minimum absolute atomic E-state index is 0.0356. The van der Waals surface area contributed by atoms with Crippen molar-refractivity contribution in [2.75, 3.05) is 38.8 Å². The van der Waals surface area contributed by atoms with Crippen LogP contribution in [0.1, 0.15) is 10.5 Å². The van der Waals surface area contributed by atoms with Crippen molar-refractivity contribution in [3.05, 3.63) is 24.0 Å². The number of nitrogens with one attached hydrogen (secondary N) is 1. The van der Waals surface area contributed by atoms with Gasteiger partial charge in [-0.3, -0.25) is 0 Å². The number of pyridine rings is 1. The molecule has 0 saturated carbocycles. The molecule has 1 fully saturated rings. The lowest BCUT2D eigenvalue weighted by Gasteiger charge is -2.23. The molecule has 1 aliphatic rings. The quantitative estimate of drug-likeness (QED) is 0.795. The smallest absolute Gasteiger partial charge is 0.356 e. The molecule has 1 saturated heterocycles. The Morgan fingerprint density at radius 1 is 1.61 bits per heavy atom. The number of hydrogen-bond donors (Lipinski definition) is 1. The van der Waals surface area contributed by atoms with Crippen LogP contribution in [0.15, 0.2) is 18.3 Å². The molecular formula is C12H16N2O4. The van der Waals surface area contributed by atoms with Gasteiger partial charge in [-0.05, 0) is 12.1 Å². The van der Waals surface area contributed by atoms with Crippen LogP contribution in [0.25, 0.3) is 0 Å². The molecule has 0 spiro atoms. The number of anilines is 1. The van der Waals surface area contributed by atoms with Crippen molar-refractivity contribution in [2.24, 2.45) is 0 Å². The van der Waals surface area contributed by atoms with Crippen LogP contribution < -0.4 is 5.32 Å². The highest BCUT2D eigenvalue weighted by molar-refractivity contribution is 5.88. The molecular weight excluding hydrogens is 236 g/mol. The second-order valence-electron chi connectivity index (χ2n) is 3.87. The van der Waals surface area contributed by atoms with E-state index in [1.54, 1.807) is 18.3 Å². The first-order valence-corrected chi connectivity index (χ1v) is 5.77. The van der Waals surface area contributed by atoms with Crippen molar-refractivity contribution in [1.29, 1.82) is 0 Å². The number of hydrogen-bond acceptors (Lipinski definition) is 6. The topological polar surface area (TPSA) is 69.7 Å². The minimum Gasteiger partial charge on any atom is -0.464 e. The van der Waals surface area contributed by atoms with E-state index in [2.05, 4.69) is 15.0 Å². The van der Waals surface area contributed by atoms with Gasteiger partial charge < -0.3 is 19.5 Å². The summed E-state index contributed by atoms with van der Waals surface area (Å²) in [4.78, 5) is 15.2. The first-order chi connectivity index (χ1) is 8.79. The molecule has 2 rings (SSSR count). The predicted octanol–water partition coefficient (Wildman–Crippen LogP) is 0.695. The maximum Gasteiger partial charge on any atom is 0.356 e. The average molecular weight is 252 g/mol. The van der Waals surface area contributed by atoms with Gasteiger partial charge in [-0.15, -0.1) is 0 Å². The van der Waals surface area contributed by atoms with Gasteiger partial charge >= 0.3 is 5.97 Å². The number of aromatic nitrogens is 1. The Morgan fingerprint density at radius 2 is 2.50 bits per heavy atom. The summed E-state index contributed by atoms with van der Waals surface area (Å²) in [6.07, 6.45) is 1.60. The average Bonchev–Trinajstić information content (AvgIpc) is 2.45. The van der Waals surface area contributed by atoms with Crippen molar-refractivity contribution >= 4 is 11.7 Å². The molecule has 1 aromatic heterocycles. The van der Waals surface area contributed by atoms with Gasteiger partial charge in [0.05, 0.1) is 33.0 Å². The van der Waals surface area contributed by atoms with Gasteiger partial charge in [-0.1, -0.05) is 0 Å². The zero-order valence-corrected chi connectivity index (χ0v) is 10.2. The molecule has 2 heterocycles. The molecule has 6 heteroatoms. The highest BCUT2D eigenvalue weighted by atomic mass is 16.6. The summed E-state index contributed by atoms with van der Waals surface area (Å²) >= 11 is 0. The minimum atomic E-state index is -0.448. The monoisotopic (exact) mass is 252 g/mol. The largest absolute Gasteiger partial charge is 0.464 e. The number of carbonyl (C=O) groups excluding carboxylic acids is 1. The Balaban J connectivity index is 1.90. The van der Waals surface area contributed by atoms with Gasteiger partial charge in [-0.25, -0.2) is 9.78 Å². The molecule has 0 aromatic carbocycles. The summed E-state index contributed by atoms with van der Waals surface area (Å²) in [5.74, 6) is -0.448. The van der Waals surface area contributed by atoms with Crippen LogP contribution in [0.4, 0.5) is 5.69 Å². The van der Waals surface area contributed by atoms with E-state index in [0.29, 0.717) is 26.4 Å². The van der Waals surface area contributed by atoms with Crippen LogP contribution >= 0.6 is 0 Å². The van der Waals surface area contributed by atoms with Crippen LogP contribution in [0.3, 0.4) is 0 Å². The maximum atomic E-state index is 11.3. The summed E-state index contributed by atoms with van der Waals surface area (Å²) in [6, 6.07) is 3.44. The molecule has 1 aliphatic heterocycles. The summed E-state index contributed by atoms with van der Waals surface area (Å²) in [5, 5.41) is 3.18. The number of carbonyl (C=O) groups is 1. The molecule has 1 aromatic rings. The van der Waals surface area contributed by atoms with Crippen LogP contribution in [0.2, 0.25) is 0 Å². The Hall–Kier alpha value is -1.66. The predicted molar refractivity (Wildman–Crippen MR) is 64.6 cm³/mol. The standard InChI is InChI=1S/C12H16N2O4/c1-16-12(15)11-6-9(2-3-13-11)14-7-10-8-17-4-5-18-10/h2-3,6,10H,4-5,7-8H2,1H3,(H,13,14). The van der Waals surface area contributed by atoms with E-state index in [1.807, 2.05) is 0 Å². The van der Waals surface area contributed by atoms with Crippen LogP contribution in [0, 0.1) is 0 Å².